The summed E-state index contributed by atoms with van der Waals surface area (Å²) in [5.41, 5.74) is 0. The Morgan fingerprint density at radius 3 is 2.79 bits per heavy atom. The SMILES string of the molecule is CCN1CCCC1CNC1CC2CC1C1CCCC21. The lowest BCUT2D eigenvalue weighted by Crippen LogP contribution is -2.45. The minimum absolute atomic E-state index is 0.837. The maximum absolute atomic E-state index is 3.99. The van der Waals surface area contributed by atoms with Gasteiger partial charge < -0.3 is 5.32 Å². The van der Waals surface area contributed by atoms with Crippen LogP contribution in [0.15, 0.2) is 0 Å². The molecule has 0 aromatic carbocycles. The molecule has 2 bridgehead atoms. The number of rotatable bonds is 4. The van der Waals surface area contributed by atoms with Gasteiger partial charge in [0.25, 0.3) is 0 Å². The Labute approximate surface area is 118 Å². The number of fused-ring (bicyclic) bond motifs is 5. The van der Waals surface area contributed by atoms with Gasteiger partial charge in [0.15, 0.2) is 0 Å². The van der Waals surface area contributed by atoms with Gasteiger partial charge >= 0.3 is 0 Å². The number of nitrogens with one attached hydrogen (secondary N) is 1. The van der Waals surface area contributed by atoms with Crippen molar-refractivity contribution in [3.63, 3.8) is 0 Å². The number of hydrogen-bond donors (Lipinski definition) is 1. The third-order valence-electron chi connectivity index (χ3n) is 6.95. The van der Waals surface area contributed by atoms with E-state index in [-0.39, 0.29) is 0 Å². The van der Waals surface area contributed by atoms with Gasteiger partial charge in [0.2, 0.25) is 0 Å². The molecule has 0 amide bonds. The average Bonchev–Trinajstić information content (AvgIpc) is 3.16. The third kappa shape index (κ3) is 2.06. The van der Waals surface area contributed by atoms with Crippen molar-refractivity contribution >= 4 is 0 Å². The zero-order valence-electron chi connectivity index (χ0n) is 12.5. The molecule has 2 heteroatoms. The molecule has 1 saturated heterocycles. The zero-order valence-corrected chi connectivity index (χ0v) is 12.5. The Kier molecular flexibility index (Phi) is 3.35. The third-order valence-corrected chi connectivity index (χ3v) is 6.95. The maximum atomic E-state index is 3.99. The molecule has 0 aromatic heterocycles. The highest BCUT2D eigenvalue weighted by molar-refractivity contribution is 5.05. The summed E-state index contributed by atoms with van der Waals surface area (Å²) in [6, 6.07) is 1.71. The number of likely N-dealkylation sites (N-methyl/N-ethyl adjacent to an activating group) is 1. The zero-order chi connectivity index (χ0) is 12.8. The highest BCUT2D eigenvalue weighted by Crippen LogP contribution is 2.58. The van der Waals surface area contributed by atoms with Gasteiger partial charge in [-0.3, -0.25) is 4.90 Å². The number of likely N-dealkylation sites (tertiary alicyclic amines) is 1. The fourth-order valence-electron chi connectivity index (χ4n) is 6.13. The Bertz CT molecular complexity index is 329. The van der Waals surface area contributed by atoms with Crippen molar-refractivity contribution < 1.29 is 0 Å². The predicted molar refractivity (Wildman–Crippen MR) is 79.1 cm³/mol. The molecule has 4 fully saturated rings. The van der Waals surface area contributed by atoms with E-state index in [9.17, 15) is 0 Å². The van der Waals surface area contributed by atoms with Crippen LogP contribution >= 0.6 is 0 Å². The molecular weight excluding hydrogens is 232 g/mol. The minimum Gasteiger partial charge on any atom is -0.312 e. The number of hydrogen-bond acceptors (Lipinski definition) is 2. The van der Waals surface area contributed by atoms with Gasteiger partial charge in [-0.25, -0.2) is 0 Å². The first-order valence-electron chi connectivity index (χ1n) is 8.84. The quantitative estimate of drug-likeness (QED) is 0.838. The molecule has 4 rings (SSSR count). The minimum atomic E-state index is 0.837. The van der Waals surface area contributed by atoms with Crippen molar-refractivity contribution in [1.82, 2.24) is 10.2 Å². The molecule has 6 atom stereocenters. The summed E-state index contributed by atoms with van der Waals surface area (Å²) in [6.45, 7) is 6.16. The molecule has 3 aliphatic carbocycles. The fourth-order valence-corrected chi connectivity index (χ4v) is 6.13. The van der Waals surface area contributed by atoms with Gasteiger partial charge in [-0.05, 0) is 75.3 Å². The highest BCUT2D eigenvalue weighted by atomic mass is 15.2. The van der Waals surface area contributed by atoms with Crippen molar-refractivity contribution in [2.45, 2.75) is 64.0 Å². The molecule has 6 unspecified atom stereocenters. The van der Waals surface area contributed by atoms with E-state index in [0.29, 0.717) is 0 Å². The molecule has 3 saturated carbocycles. The predicted octanol–water partition coefficient (Wildman–Crippen LogP) is 2.89. The van der Waals surface area contributed by atoms with Crippen molar-refractivity contribution in [2.24, 2.45) is 23.7 Å². The summed E-state index contributed by atoms with van der Waals surface area (Å²) in [7, 11) is 0. The van der Waals surface area contributed by atoms with Crippen LogP contribution in [0.3, 0.4) is 0 Å². The molecular formula is C17H30N2. The van der Waals surface area contributed by atoms with Gasteiger partial charge in [-0.1, -0.05) is 13.3 Å². The van der Waals surface area contributed by atoms with Crippen LogP contribution in [-0.4, -0.2) is 36.6 Å². The molecule has 4 aliphatic rings. The molecule has 1 heterocycles. The van der Waals surface area contributed by atoms with E-state index >= 15 is 0 Å². The smallest absolute Gasteiger partial charge is 0.0221 e. The first kappa shape index (κ1) is 12.6. The normalized spacial score (nSPS) is 49.1. The summed E-state index contributed by atoms with van der Waals surface area (Å²) >= 11 is 0. The van der Waals surface area contributed by atoms with E-state index in [4.69, 9.17) is 0 Å². The lowest BCUT2D eigenvalue weighted by Gasteiger charge is -2.34. The molecule has 108 valence electrons. The molecule has 0 radical (unpaired) electrons. The van der Waals surface area contributed by atoms with Crippen LogP contribution in [0.5, 0.6) is 0 Å². The standard InChI is InChI=1S/C17H30N2/c1-2-19-8-4-5-13(19)11-18-17-10-12-9-16(17)15-7-3-6-14(12)15/h12-18H,2-11H2,1H3. The van der Waals surface area contributed by atoms with E-state index in [1.54, 1.807) is 19.3 Å². The van der Waals surface area contributed by atoms with E-state index in [2.05, 4.69) is 17.1 Å². The topological polar surface area (TPSA) is 15.3 Å². The van der Waals surface area contributed by atoms with Gasteiger partial charge in [0, 0.05) is 18.6 Å². The van der Waals surface area contributed by atoms with E-state index in [1.165, 1.54) is 45.3 Å². The molecule has 2 nitrogen and oxygen atoms in total. The van der Waals surface area contributed by atoms with E-state index in [0.717, 1.165) is 35.8 Å². The van der Waals surface area contributed by atoms with Gasteiger partial charge in [-0.15, -0.1) is 0 Å². The summed E-state index contributed by atoms with van der Waals surface area (Å²) in [4.78, 5) is 2.68. The highest BCUT2D eigenvalue weighted by Gasteiger charge is 2.53. The Hall–Kier alpha value is -0.0800. The average molecular weight is 262 g/mol. The second kappa shape index (κ2) is 5.04. The Morgan fingerprint density at radius 2 is 1.89 bits per heavy atom. The molecule has 0 spiro atoms. The van der Waals surface area contributed by atoms with Crippen LogP contribution in [0.25, 0.3) is 0 Å². The summed E-state index contributed by atoms with van der Waals surface area (Å²) in [6.07, 6.45) is 10.6. The van der Waals surface area contributed by atoms with Crippen molar-refractivity contribution in [3.05, 3.63) is 0 Å². The van der Waals surface area contributed by atoms with Gasteiger partial charge in [-0.2, -0.15) is 0 Å². The molecule has 19 heavy (non-hydrogen) atoms. The van der Waals surface area contributed by atoms with Crippen LogP contribution in [-0.2, 0) is 0 Å². The van der Waals surface area contributed by atoms with Crippen LogP contribution in [0, 0.1) is 23.7 Å². The lowest BCUT2D eigenvalue weighted by molar-refractivity contribution is 0.191. The fraction of sp³-hybridized carbons (Fsp3) is 1.00. The van der Waals surface area contributed by atoms with Gasteiger partial charge in [0.05, 0.1) is 0 Å². The lowest BCUT2D eigenvalue weighted by atomic mass is 9.79. The van der Waals surface area contributed by atoms with E-state index in [1.807, 2.05) is 0 Å². The van der Waals surface area contributed by atoms with Crippen LogP contribution < -0.4 is 5.32 Å². The Morgan fingerprint density at radius 1 is 1.00 bits per heavy atom. The first-order valence-corrected chi connectivity index (χ1v) is 8.84. The summed E-state index contributed by atoms with van der Waals surface area (Å²) in [5, 5.41) is 3.99. The van der Waals surface area contributed by atoms with Gasteiger partial charge in [0.1, 0.15) is 0 Å². The Balaban J connectivity index is 1.33. The van der Waals surface area contributed by atoms with Crippen molar-refractivity contribution in [1.29, 1.82) is 0 Å². The van der Waals surface area contributed by atoms with Crippen LogP contribution in [0.4, 0.5) is 0 Å². The number of nitrogens with zero attached hydrogens (tertiary/aromatic N) is 1. The summed E-state index contributed by atoms with van der Waals surface area (Å²) < 4.78 is 0. The molecule has 0 aromatic rings. The maximum Gasteiger partial charge on any atom is 0.0221 e. The second-order valence-corrected chi connectivity index (χ2v) is 7.59. The van der Waals surface area contributed by atoms with Crippen LogP contribution in [0.2, 0.25) is 0 Å². The van der Waals surface area contributed by atoms with Crippen molar-refractivity contribution in [3.8, 4) is 0 Å². The molecule has 1 N–H and O–H groups in total. The molecule has 1 aliphatic heterocycles. The van der Waals surface area contributed by atoms with Crippen LogP contribution in [0.1, 0.15) is 51.9 Å². The monoisotopic (exact) mass is 262 g/mol. The largest absolute Gasteiger partial charge is 0.312 e. The first-order chi connectivity index (χ1) is 9.36. The summed E-state index contributed by atoms with van der Waals surface area (Å²) in [5.74, 6) is 4.40. The second-order valence-electron chi connectivity index (χ2n) is 7.59. The van der Waals surface area contributed by atoms with Crippen molar-refractivity contribution in [2.75, 3.05) is 19.6 Å². The van der Waals surface area contributed by atoms with E-state index < -0.39 is 0 Å².